The Bertz CT molecular complexity index is 714. The lowest BCUT2D eigenvalue weighted by Gasteiger charge is -2.08. The van der Waals surface area contributed by atoms with E-state index in [1.165, 1.54) is 12.3 Å². The number of benzene rings is 1. The summed E-state index contributed by atoms with van der Waals surface area (Å²) in [5.74, 6) is -0.772. The minimum absolute atomic E-state index is 0.0598. The van der Waals surface area contributed by atoms with Crippen molar-refractivity contribution >= 4 is 15.5 Å². The van der Waals surface area contributed by atoms with Gasteiger partial charge in [0.1, 0.15) is 5.82 Å². The summed E-state index contributed by atoms with van der Waals surface area (Å²) in [4.78, 5) is 3.88. The summed E-state index contributed by atoms with van der Waals surface area (Å²) < 4.78 is 37.4. The number of nitrogen functional groups attached to an aromatic ring is 1. The number of nitrogens with two attached hydrogens (primary N) is 1. The molecule has 1 heterocycles. The SMILES string of the molecule is Cc1cncc(CS(=O)(=O)c2ccc(F)cc2N)c1. The molecule has 0 fully saturated rings. The van der Waals surface area contributed by atoms with Crippen LogP contribution in [-0.4, -0.2) is 13.4 Å². The van der Waals surface area contributed by atoms with Crippen LogP contribution in [0.15, 0.2) is 41.6 Å². The van der Waals surface area contributed by atoms with E-state index in [-0.39, 0.29) is 16.3 Å². The van der Waals surface area contributed by atoms with Crippen LogP contribution in [0, 0.1) is 12.7 Å². The van der Waals surface area contributed by atoms with E-state index in [1.54, 1.807) is 12.3 Å². The van der Waals surface area contributed by atoms with Gasteiger partial charge in [0.05, 0.1) is 16.3 Å². The van der Waals surface area contributed by atoms with E-state index in [9.17, 15) is 12.8 Å². The zero-order valence-electron chi connectivity index (χ0n) is 10.3. The van der Waals surface area contributed by atoms with Crippen LogP contribution in [-0.2, 0) is 15.6 Å². The average Bonchev–Trinajstić information content (AvgIpc) is 2.27. The highest BCUT2D eigenvalue weighted by atomic mass is 32.2. The van der Waals surface area contributed by atoms with E-state index in [0.717, 1.165) is 17.7 Å². The van der Waals surface area contributed by atoms with Gasteiger partial charge in [-0.05, 0) is 36.2 Å². The Morgan fingerprint density at radius 2 is 2.00 bits per heavy atom. The minimum atomic E-state index is -3.61. The molecule has 4 nitrogen and oxygen atoms in total. The van der Waals surface area contributed by atoms with Crippen LogP contribution in [0.2, 0.25) is 0 Å². The molecule has 19 heavy (non-hydrogen) atoms. The number of rotatable bonds is 3. The molecule has 0 unspecified atom stereocenters. The summed E-state index contributed by atoms with van der Waals surface area (Å²) in [6.07, 6.45) is 3.13. The summed E-state index contributed by atoms with van der Waals surface area (Å²) in [7, 11) is -3.61. The summed E-state index contributed by atoms with van der Waals surface area (Å²) >= 11 is 0. The Labute approximate surface area is 111 Å². The summed E-state index contributed by atoms with van der Waals surface area (Å²) in [5, 5.41) is 0. The number of pyridine rings is 1. The topological polar surface area (TPSA) is 73.0 Å². The maximum Gasteiger partial charge on any atom is 0.184 e. The van der Waals surface area contributed by atoms with E-state index in [2.05, 4.69) is 4.98 Å². The first kappa shape index (κ1) is 13.5. The van der Waals surface area contributed by atoms with Gasteiger partial charge >= 0.3 is 0 Å². The van der Waals surface area contributed by atoms with Gasteiger partial charge < -0.3 is 5.73 Å². The molecule has 0 spiro atoms. The van der Waals surface area contributed by atoms with E-state index in [0.29, 0.717) is 5.56 Å². The van der Waals surface area contributed by atoms with Gasteiger partial charge in [-0.15, -0.1) is 0 Å². The van der Waals surface area contributed by atoms with Crippen molar-refractivity contribution in [3.05, 3.63) is 53.6 Å². The van der Waals surface area contributed by atoms with Crippen molar-refractivity contribution in [2.24, 2.45) is 0 Å². The van der Waals surface area contributed by atoms with Crippen LogP contribution >= 0.6 is 0 Å². The Morgan fingerprint density at radius 1 is 1.26 bits per heavy atom. The smallest absolute Gasteiger partial charge is 0.184 e. The molecule has 2 rings (SSSR count). The fourth-order valence-electron chi connectivity index (χ4n) is 1.80. The lowest BCUT2D eigenvalue weighted by atomic mass is 10.2. The zero-order chi connectivity index (χ0) is 14.0. The number of halogens is 1. The molecule has 0 radical (unpaired) electrons. The van der Waals surface area contributed by atoms with Crippen molar-refractivity contribution in [3.63, 3.8) is 0 Å². The quantitative estimate of drug-likeness (QED) is 0.690. The summed E-state index contributed by atoms with van der Waals surface area (Å²) in [6.45, 7) is 1.83. The van der Waals surface area contributed by atoms with E-state index in [4.69, 9.17) is 5.73 Å². The van der Waals surface area contributed by atoms with Crippen molar-refractivity contribution in [3.8, 4) is 0 Å². The zero-order valence-corrected chi connectivity index (χ0v) is 11.1. The van der Waals surface area contributed by atoms with Gasteiger partial charge in [-0.25, -0.2) is 12.8 Å². The van der Waals surface area contributed by atoms with Crippen molar-refractivity contribution in [2.75, 3.05) is 5.73 Å². The fourth-order valence-corrected chi connectivity index (χ4v) is 3.24. The third-order valence-corrected chi connectivity index (χ3v) is 4.35. The number of aryl methyl sites for hydroxylation is 1. The minimum Gasteiger partial charge on any atom is -0.398 e. The molecule has 1 aromatic carbocycles. The second kappa shape index (κ2) is 4.97. The normalized spacial score (nSPS) is 11.5. The number of hydrogen-bond acceptors (Lipinski definition) is 4. The highest BCUT2D eigenvalue weighted by Crippen LogP contribution is 2.23. The number of anilines is 1. The van der Waals surface area contributed by atoms with Gasteiger partial charge in [0.2, 0.25) is 0 Å². The standard InChI is InChI=1S/C13H13FN2O2S/c1-9-4-10(7-16-6-9)8-19(17,18)13-3-2-11(14)5-12(13)15/h2-7H,8,15H2,1H3. The molecule has 1 aromatic heterocycles. The molecule has 0 amide bonds. The van der Waals surface area contributed by atoms with Crippen LogP contribution in [0.1, 0.15) is 11.1 Å². The maximum atomic E-state index is 12.9. The fraction of sp³-hybridized carbons (Fsp3) is 0.154. The molecule has 0 saturated heterocycles. The molecule has 0 bridgehead atoms. The Balaban J connectivity index is 2.38. The third kappa shape index (κ3) is 3.08. The number of nitrogens with zero attached hydrogens (tertiary/aromatic N) is 1. The first-order valence-electron chi connectivity index (χ1n) is 5.57. The first-order chi connectivity index (χ1) is 8.88. The Morgan fingerprint density at radius 3 is 2.63 bits per heavy atom. The highest BCUT2D eigenvalue weighted by Gasteiger charge is 2.19. The van der Waals surface area contributed by atoms with Crippen LogP contribution in [0.4, 0.5) is 10.1 Å². The van der Waals surface area contributed by atoms with Gasteiger partial charge in [-0.2, -0.15) is 0 Å². The van der Waals surface area contributed by atoms with Crippen LogP contribution < -0.4 is 5.73 Å². The van der Waals surface area contributed by atoms with Gasteiger partial charge in [0, 0.05) is 12.4 Å². The predicted molar refractivity (Wildman–Crippen MR) is 70.7 cm³/mol. The van der Waals surface area contributed by atoms with Gasteiger partial charge in [-0.3, -0.25) is 4.98 Å². The van der Waals surface area contributed by atoms with Crippen molar-refractivity contribution in [1.29, 1.82) is 0 Å². The average molecular weight is 280 g/mol. The van der Waals surface area contributed by atoms with Crippen molar-refractivity contribution in [1.82, 2.24) is 4.98 Å². The molecule has 0 aliphatic rings. The molecule has 0 saturated carbocycles. The number of sulfone groups is 1. The van der Waals surface area contributed by atoms with Gasteiger partial charge in [0.15, 0.2) is 9.84 Å². The number of aromatic nitrogens is 1. The summed E-state index contributed by atoms with van der Waals surface area (Å²) in [5.41, 5.74) is 6.92. The molecular weight excluding hydrogens is 267 g/mol. The molecule has 100 valence electrons. The highest BCUT2D eigenvalue weighted by molar-refractivity contribution is 7.90. The summed E-state index contributed by atoms with van der Waals surface area (Å²) in [6, 6.07) is 5.01. The molecule has 0 aliphatic heterocycles. The first-order valence-corrected chi connectivity index (χ1v) is 7.22. The van der Waals surface area contributed by atoms with Crippen LogP contribution in [0.5, 0.6) is 0 Å². The molecule has 2 aromatic rings. The van der Waals surface area contributed by atoms with E-state index in [1.807, 2.05) is 6.92 Å². The lowest BCUT2D eigenvalue weighted by molar-refractivity contribution is 0.594. The Kier molecular flexibility index (Phi) is 3.53. The van der Waals surface area contributed by atoms with E-state index < -0.39 is 15.7 Å². The molecule has 6 heteroatoms. The van der Waals surface area contributed by atoms with Gasteiger partial charge in [0.25, 0.3) is 0 Å². The molecule has 0 atom stereocenters. The molecule has 2 N–H and O–H groups in total. The van der Waals surface area contributed by atoms with Crippen LogP contribution in [0.25, 0.3) is 0 Å². The monoisotopic (exact) mass is 280 g/mol. The molecular formula is C13H13FN2O2S. The maximum absolute atomic E-state index is 12.9. The van der Waals surface area contributed by atoms with Crippen molar-refractivity contribution < 1.29 is 12.8 Å². The van der Waals surface area contributed by atoms with E-state index >= 15 is 0 Å². The Hall–Kier alpha value is -1.95. The molecule has 0 aliphatic carbocycles. The second-order valence-corrected chi connectivity index (χ2v) is 6.27. The largest absolute Gasteiger partial charge is 0.398 e. The third-order valence-electron chi connectivity index (χ3n) is 2.60. The number of hydrogen-bond donors (Lipinski definition) is 1. The predicted octanol–water partition coefficient (Wildman–Crippen LogP) is 2.09. The second-order valence-electron chi connectivity index (χ2n) is 4.31. The lowest BCUT2D eigenvalue weighted by Crippen LogP contribution is -2.08. The van der Waals surface area contributed by atoms with Gasteiger partial charge in [-0.1, -0.05) is 6.07 Å². The van der Waals surface area contributed by atoms with Crippen LogP contribution in [0.3, 0.4) is 0 Å². The van der Waals surface area contributed by atoms with Crippen molar-refractivity contribution in [2.45, 2.75) is 17.6 Å².